The first-order valence-corrected chi connectivity index (χ1v) is 7.23. The van der Waals surface area contributed by atoms with E-state index in [9.17, 15) is 0 Å². The maximum Gasteiger partial charge on any atom is 0.155 e. The average molecular weight is 322 g/mol. The van der Waals surface area contributed by atoms with E-state index in [1.807, 2.05) is 26.0 Å². The van der Waals surface area contributed by atoms with Crippen molar-refractivity contribution in [3.63, 3.8) is 0 Å². The zero-order chi connectivity index (χ0) is 15.0. The van der Waals surface area contributed by atoms with Crippen LogP contribution in [0.2, 0.25) is 10.0 Å². The predicted molar refractivity (Wildman–Crippen MR) is 83.2 cm³/mol. The van der Waals surface area contributed by atoms with E-state index in [1.54, 1.807) is 28.9 Å². The Morgan fingerprint density at radius 3 is 2.76 bits per heavy atom. The fourth-order valence-corrected chi connectivity index (χ4v) is 2.61. The summed E-state index contributed by atoms with van der Waals surface area (Å²) < 4.78 is 7.71. The van der Waals surface area contributed by atoms with Crippen molar-refractivity contribution in [2.75, 3.05) is 0 Å². The second-order valence-electron chi connectivity index (χ2n) is 4.76. The molecule has 0 saturated heterocycles. The zero-order valence-electron chi connectivity index (χ0n) is 11.5. The van der Waals surface area contributed by atoms with Gasteiger partial charge in [0.15, 0.2) is 5.65 Å². The second kappa shape index (κ2) is 5.54. The van der Waals surface area contributed by atoms with E-state index >= 15 is 0 Å². The Bertz CT molecular complexity index is 801. The summed E-state index contributed by atoms with van der Waals surface area (Å²) in [5, 5.41) is 5.49. The molecular weight excluding hydrogens is 309 g/mol. The lowest BCUT2D eigenvalue weighted by molar-refractivity contribution is 0.219. The first kappa shape index (κ1) is 14.2. The number of fused-ring (bicyclic) bond motifs is 1. The highest BCUT2D eigenvalue weighted by atomic mass is 35.5. The van der Waals surface area contributed by atoms with Gasteiger partial charge in [-0.05, 0) is 38.1 Å². The summed E-state index contributed by atoms with van der Waals surface area (Å²) in [6.07, 6.45) is 1.52. The lowest BCUT2D eigenvalue weighted by atomic mass is 10.2. The highest BCUT2D eigenvalue weighted by molar-refractivity contribution is 6.35. The number of benzene rings is 1. The van der Waals surface area contributed by atoms with Crippen LogP contribution in [0.3, 0.4) is 0 Å². The second-order valence-corrected chi connectivity index (χ2v) is 5.60. The van der Waals surface area contributed by atoms with Gasteiger partial charge in [-0.1, -0.05) is 23.2 Å². The standard InChI is InChI=1S/C15H13Cl2N3O/c1-9-7-15-18-6-5-13(20(15)19-9)10(2)21-14-4-3-11(16)8-12(14)17/h3-8,10H,1-2H3. The van der Waals surface area contributed by atoms with Crippen molar-refractivity contribution < 1.29 is 4.74 Å². The van der Waals surface area contributed by atoms with E-state index in [-0.39, 0.29) is 6.10 Å². The van der Waals surface area contributed by atoms with Crippen LogP contribution in [0.5, 0.6) is 5.75 Å². The van der Waals surface area contributed by atoms with Crippen LogP contribution in [0.1, 0.15) is 24.4 Å². The van der Waals surface area contributed by atoms with Crippen LogP contribution in [-0.4, -0.2) is 14.6 Å². The fourth-order valence-electron chi connectivity index (χ4n) is 2.16. The summed E-state index contributed by atoms with van der Waals surface area (Å²) >= 11 is 12.0. The number of rotatable bonds is 3. The molecule has 0 saturated carbocycles. The molecule has 0 aliphatic rings. The maximum absolute atomic E-state index is 6.14. The monoisotopic (exact) mass is 321 g/mol. The molecule has 1 atom stereocenters. The third kappa shape index (κ3) is 2.82. The van der Waals surface area contributed by atoms with Gasteiger partial charge in [0.2, 0.25) is 0 Å². The minimum Gasteiger partial charge on any atom is -0.483 e. The molecular formula is C15H13Cl2N3O. The molecule has 1 unspecified atom stereocenters. The Hall–Kier alpha value is -1.78. The van der Waals surface area contributed by atoms with Crippen molar-refractivity contribution in [1.82, 2.24) is 14.6 Å². The van der Waals surface area contributed by atoms with Crippen LogP contribution in [-0.2, 0) is 0 Å². The molecule has 0 fully saturated rings. The van der Waals surface area contributed by atoms with Gasteiger partial charge in [0.25, 0.3) is 0 Å². The molecule has 0 bridgehead atoms. The Morgan fingerprint density at radius 1 is 1.19 bits per heavy atom. The van der Waals surface area contributed by atoms with Crippen molar-refractivity contribution in [2.45, 2.75) is 20.0 Å². The maximum atomic E-state index is 6.14. The van der Waals surface area contributed by atoms with Crippen molar-refractivity contribution >= 4 is 28.8 Å². The van der Waals surface area contributed by atoms with E-state index in [4.69, 9.17) is 27.9 Å². The van der Waals surface area contributed by atoms with Crippen LogP contribution in [0.25, 0.3) is 5.65 Å². The first-order valence-electron chi connectivity index (χ1n) is 6.47. The Balaban J connectivity index is 1.95. The largest absolute Gasteiger partial charge is 0.483 e. The van der Waals surface area contributed by atoms with E-state index in [0.29, 0.717) is 15.8 Å². The quantitative estimate of drug-likeness (QED) is 0.713. The van der Waals surface area contributed by atoms with Gasteiger partial charge in [0, 0.05) is 17.3 Å². The van der Waals surface area contributed by atoms with Gasteiger partial charge in [-0.2, -0.15) is 5.10 Å². The molecule has 2 heterocycles. The Labute approximate surface area is 132 Å². The van der Waals surface area contributed by atoms with E-state index in [0.717, 1.165) is 17.0 Å². The summed E-state index contributed by atoms with van der Waals surface area (Å²) in [6, 6.07) is 8.97. The molecule has 0 N–H and O–H groups in total. The van der Waals surface area contributed by atoms with Gasteiger partial charge in [0.1, 0.15) is 11.9 Å². The number of hydrogen-bond acceptors (Lipinski definition) is 3. The lowest BCUT2D eigenvalue weighted by Gasteiger charge is -2.16. The van der Waals surface area contributed by atoms with E-state index < -0.39 is 0 Å². The number of ether oxygens (including phenoxy) is 1. The topological polar surface area (TPSA) is 39.4 Å². The van der Waals surface area contributed by atoms with Crippen LogP contribution in [0.4, 0.5) is 0 Å². The molecule has 3 aromatic rings. The number of aryl methyl sites for hydroxylation is 1. The van der Waals surface area contributed by atoms with Crippen molar-refractivity contribution in [1.29, 1.82) is 0 Å². The normalized spacial score (nSPS) is 12.6. The molecule has 0 amide bonds. The van der Waals surface area contributed by atoms with Crippen molar-refractivity contribution in [3.05, 3.63) is 58.0 Å². The van der Waals surface area contributed by atoms with Gasteiger partial charge in [0.05, 0.1) is 16.4 Å². The molecule has 0 aliphatic carbocycles. The molecule has 2 aromatic heterocycles. The molecule has 6 heteroatoms. The predicted octanol–water partition coefficient (Wildman–Crippen LogP) is 4.48. The SMILES string of the molecule is Cc1cc2nccc(C(C)Oc3ccc(Cl)cc3Cl)n2n1. The van der Waals surface area contributed by atoms with E-state index in [1.165, 1.54) is 0 Å². The molecule has 0 radical (unpaired) electrons. The molecule has 3 rings (SSSR count). The molecule has 21 heavy (non-hydrogen) atoms. The summed E-state index contributed by atoms with van der Waals surface area (Å²) in [7, 11) is 0. The van der Waals surface area contributed by atoms with Gasteiger partial charge in [-0.15, -0.1) is 0 Å². The molecule has 108 valence electrons. The smallest absolute Gasteiger partial charge is 0.155 e. The van der Waals surface area contributed by atoms with Crippen LogP contribution in [0, 0.1) is 6.92 Å². The van der Waals surface area contributed by atoms with Gasteiger partial charge >= 0.3 is 0 Å². The molecule has 4 nitrogen and oxygen atoms in total. The van der Waals surface area contributed by atoms with Gasteiger partial charge in [-0.3, -0.25) is 0 Å². The van der Waals surface area contributed by atoms with Gasteiger partial charge < -0.3 is 4.74 Å². The Kier molecular flexibility index (Phi) is 3.74. The van der Waals surface area contributed by atoms with E-state index in [2.05, 4.69) is 10.1 Å². The first-order chi connectivity index (χ1) is 10.0. The van der Waals surface area contributed by atoms with Crippen LogP contribution < -0.4 is 4.74 Å². The van der Waals surface area contributed by atoms with Gasteiger partial charge in [-0.25, -0.2) is 9.50 Å². The third-order valence-corrected chi connectivity index (χ3v) is 3.65. The minimum atomic E-state index is -0.228. The molecule has 0 aliphatic heterocycles. The van der Waals surface area contributed by atoms with Crippen LogP contribution in [0.15, 0.2) is 36.5 Å². The lowest BCUT2D eigenvalue weighted by Crippen LogP contribution is -2.10. The minimum absolute atomic E-state index is 0.228. The highest BCUT2D eigenvalue weighted by Gasteiger charge is 2.14. The summed E-state index contributed by atoms with van der Waals surface area (Å²) in [5.74, 6) is 0.586. The van der Waals surface area contributed by atoms with Crippen molar-refractivity contribution in [2.24, 2.45) is 0 Å². The molecule has 1 aromatic carbocycles. The molecule has 0 spiro atoms. The third-order valence-electron chi connectivity index (χ3n) is 3.12. The summed E-state index contributed by atoms with van der Waals surface area (Å²) in [6.45, 7) is 3.87. The number of nitrogens with zero attached hydrogens (tertiary/aromatic N) is 3. The summed E-state index contributed by atoms with van der Waals surface area (Å²) in [5.41, 5.74) is 2.61. The van der Waals surface area contributed by atoms with Crippen LogP contribution >= 0.6 is 23.2 Å². The number of hydrogen-bond donors (Lipinski definition) is 0. The fraction of sp³-hybridized carbons (Fsp3) is 0.200. The van der Waals surface area contributed by atoms with Crippen molar-refractivity contribution in [3.8, 4) is 5.75 Å². The Morgan fingerprint density at radius 2 is 2.00 bits per heavy atom. The number of halogens is 2. The zero-order valence-corrected chi connectivity index (χ0v) is 13.1. The number of aromatic nitrogens is 3. The average Bonchev–Trinajstić information content (AvgIpc) is 2.81. The summed E-state index contributed by atoms with van der Waals surface area (Å²) in [4.78, 5) is 4.28. The highest BCUT2D eigenvalue weighted by Crippen LogP contribution is 2.31.